The number of rotatable bonds is 3. The Hall–Kier alpha value is -2.86. The molecule has 120 valence electrons. The van der Waals surface area contributed by atoms with Crippen molar-refractivity contribution in [2.45, 2.75) is 6.42 Å². The van der Waals surface area contributed by atoms with Crippen LogP contribution in [0, 0.1) is 11.8 Å². The van der Waals surface area contributed by atoms with Crippen LogP contribution in [0.25, 0.3) is 27.8 Å². The van der Waals surface area contributed by atoms with Gasteiger partial charge < -0.3 is 0 Å². The Morgan fingerprint density at radius 1 is 0.560 bits per heavy atom. The van der Waals surface area contributed by atoms with Crippen LogP contribution in [-0.4, -0.2) is 0 Å². The fraction of sp³-hybridized carbons (Fsp3) is 0.120. The summed E-state index contributed by atoms with van der Waals surface area (Å²) in [4.78, 5) is 0. The van der Waals surface area contributed by atoms with Crippen LogP contribution in [-0.2, 0) is 0 Å². The van der Waals surface area contributed by atoms with Gasteiger partial charge in [0.25, 0.3) is 0 Å². The minimum atomic E-state index is 0.764. The first kappa shape index (κ1) is 14.5. The zero-order chi connectivity index (χ0) is 16.6. The Bertz CT molecular complexity index is 904. The summed E-state index contributed by atoms with van der Waals surface area (Å²) in [5.41, 5.74) is 7.79. The van der Waals surface area contributed by atoms with E-state index in [1.54, 1.807) is 0 Å². The van der Waals surface area contributed by atoms with E-state index in [1.165, 1.54) is 39.8 Å². The maximum atomic E-state index is 2.46. The molecule has 0 saturated heterocycles. The molecular formula is C25H20. The summed E-state index contributed by atoms with van der Waals surface area (Å²) in [5.74, 6) is 1.57. The molecule has 0 aromatic heterocycles. The molecule has 3 aromatic carbocycles. The molecule has 1 fully saturated rings. The van der Waals surface area contributed by atoms with Gasteiger partial charge in [-0.3, -0.25) is 0 Å². The molecule has 2 unspecified atom stereocenters. The number of hydrogen-bond acceptors (Lipinski definition) is 0. The molecule has 0 bridgehead atoms. The lowest BCUT2D eigenvalue weighted by molar-refractivity contribution is 0.985. The lowest BCUT2D eigenvalue weighted by atomic mass is 9.91. The molecule has 2 aliphatic carbocycles. The first-order valence-corrected chi connectivity index (χ1v) is 9.03. The normalized spacial score (nSPS) is 20.7. The topological polar surface area (TPSA) is 0 Å². The van der Waals surface area contributed by atoms with E-state index in [2.05, 4.69) is 97.1 Å². The lowest BCUT2D eigenvalue weighted by Crippen LogP contribution is -1.91. The summed E-state index contributed by atoms with van der Waals surface area (Å²) >= 11 is 0. The van der Waals surface area contributed by atoms with Crippen LogP contribution in [0.1, 0.15) is 12.0 Å². The fourth-order valence-corrected chi connectivity index (χ4v) is 3.74. The second-order valence-corrected chi connectivity index (χ2v) is 7.08. The summed E-state index contributed by atoms with van der Waals surface area (Å²) in [7, 11) is 0. The van der Waals surface area contributed by atoms with Crippen molar-refractivity contribution in [3.05, 3.63) is 103 Å². The third kappa shape index (κ3) is 2.85. The average Bonchev–Trinajstić information content (AvgIpc) is 3.48. The van der Waals surface area contributed by atoms with Gasteiger partial charge in [-0.2, -0.15) is 0 Å². The summed E-state index contributed by atoms with van der Waals surface area (Å²) < 4.78 is 0. The summed E-state index contributed by atoms with van der Waals surface area (Å²) in [6.07, 6.45) is 8.48. The van der Waals surface area contributed by atoms with Gasteiger partial charge in [-0.15, -0.1) is 0 Å². The van der Waals surface area contributed by atoms with Crippen molar-refractivity contribution in [2.24, 2.45) is 11.8 Å². The minimum Gasteiger partial charge on any atom is -0.0802 e. The number of fused-ring (bicyclic) bond motifs is 1. The van der Waals surface area contributed by atoms with Gasteiger partial charge in [-0.25, -0.2) is 0 Å². The Morgan fingerprint density at radius 3 is 1.68 bits per heavy atom. The molecule has 0 spiro atoms. The van der Waals surface area contributed by atoms with Crippen molar-refractivity contribution in [3.8, 4) is 22.3 Å². The Morgan fingerprint density at radius 2 is 1.12 bits per heavy atom. The molecule has 0 aliphatic heterocycles. The van der Waals surface area contributed by atoms with Crippen LogP contribution >= 0.6 is 0 Å². The number of benzene rings is 3. The molecule has 1 saturated carbocycles. The van der Waals surface area contributed by atoms with Crippen molar-refractivity contribution < 1.29 is 0 Å². The Kier molecular flexibility index (Phi) is 3.41. The second kappa shape index (κ2) is 5.89. The highest BCUT2D eigenvalue weighted by molar-refractivity contribution is 5.84. The second-order valence-electron chi connectivity index (χ2n) is 7.08. The van der Waals surface area contributed by atoms with E-state index in [1.807, 2.05) is 0 Å². The molecule has 0 heteroatoms. The highest BCUT2D eigenvalue weighted by Crippen LogP contribution is 2.46. The Balaban J connectivity index is 1.67. The number of hydrogen-bond donors (Lipinski definition) is 0. The van der Waals surface area contributed by atoms with E-state index in [9.17, 15) is 0 Å². The molecule has 3 aromatic rings. The van der Waals surface area contributed by atoms with Crippen LogP contribution in [0.5, 0.6) is 0 Å². The largest absolute Gasteiger partial charge is 0.0802 e. The van der Waals surface area contributed by atoms with E-state index in [-0.39, 0.29) is 0 Å². The van der Waals surface area contributed by atoms with Crippen molar-refractivity contribution in [1.82, 2.24) is 0 Å². The molecule has 2 atom stereocenters. The highest BCUT2D eigenvalue weighted by atomic mass is 14.4. The Labute approximate surface area is 149 Å². The maximum absolute atomic E-state index is 2.46. The van der Waals surface area contributed by atoms with Crippen LogP contribution < -0.4 is 0 Å². The maximum Gasteiger partial charge on any atom is -0.0155 e. The first-order chi connectivity index (χ1) is 12.4. The zero-order valence-corrected chi connectivity index (χ0v) is 14.1. The molecule has 0 radical (unpaired) electrons. The first-order valence-electron chi connectivity index (χ1n) is 9.03. The third-order valence-electron chi connectivity index (χ3n) is 5.29. The van der Waals surface area contributed by atoms with Gasteiger partial charge in [-0.1, -0.05) is 78.9 Å². The molecule has 5 rings (SSSR count). The van der Waals surface area contributed by atoms with Crippen LogP contribution in [0.2, 0.25) is 0 Å². The predicted octanol–water partition coefficient (Wildman–Crippen LogP) is 6.61. The monoisotopic (exact) mass is 320 g/mol. The highest BCUT2D eigenvalue weighted by Gasteiger charge is 2.35. The van der Waals surface area contributed by atoms with Crippen LogP contribution in [0.15, 0.2) is 97.1 Å². The molecule has 0 N–H and O–H groups in total. The molecule has 0 amide bonds. The fourth-order valence-electron chi connectivity index (χ4n) is 3.74. The van der Waals surface area contributed by atoms with Gasteiger partial charge in [0, 0.05) is 0 Å². The quantitative estimate of drug-likeness (QED) is 0.509. The molecule has 0 heterocycles. The molecule has 0 nitrogen and oxygen atoms in total. The van der Waals surface area contributed by atoms with Crippen LogP contribution in [0.4, 0.5) is 0 Å². The van der Waals surface area contributed by atoms with Gasteiger partial charge >= 0.3 is 0 Å². The molecule has 2 aliphatic rings. The smallest absolute Gasteiger partial charge is 0.0155 e. The van der Waals surface area contributed by atoms with Gasteiger partial charge in [0.1, 0.15) is 0 Å². The van der Waals surface area contributed by atoms with E-state index in [4.69, 9.17) is 0 Å². The summed E-state index contributed by atoms with van der Waals surface area (Å²) in [6, 6.07) is 28.3. The SMILES string of the molecule is C1=CC2CC2C=C1c1cc(-c2ccccc2)cc(-c2ccccc2)c1. The van der Waals surface area contributed by atoms with Crippen molar-refractivity contribution in [1.29, 1.82) is 0 Å². The number of allylic oxidation sites excluding steroid dienone is 4. The summed E-state index contributed by atoms with van der Waals surface area (Å²) in [5, 5.41) is 0. The van der Waals surface area contributed by atoms with Gasteiger partial charge in [0.15, 0.2) is 0 Å². The minimum absolute atomic E-state index is 0.764. The predicted molar refractivity (Wildman–Crippen MR) is 106 cm³/mol. The van der Waals surface area contributed by atoms with Gasteiger partial charge in [-0.05, 0) is 69.8 Å². The van der Waals surface area contributed by atoms with Crippen molar-refractivity contribution in [3.63, 3.8) is 0 Å². The van der Waals surface area contributed by atoms with Crippen molar-refractivity contribution in [2.75, 3.05) is 0 Å². The van der Waals surface area contributed by atoms with Gasteiger partial charge in [0.2, 0.25) is 0 Å². The average molecular weight is 320 g/mol. The summed E-state index contributed by atoms with van der Waals surface area (Å²) in [6.45, 7) is 0. The zero-order valence-electron chi connectivity index (χ0n) is 14.1. The standard InChI is InChI=1S/C25H20/c1-3-7-18(8-4-1)22-15-23(19-9-5-2-6-10-19)17-25(16-22)21-12-11-20-13-24(20)14-21/h1-12,14-17,20,24H,13H2. The van der Waals surface area contributed by atoms with E-state index < -0.39 is 0 Å². The molecule has 25 heavy (non-hydrogen) atoms. The van der Waals surface area contributed by atoms with E-state index >= 15 is 0 Å². The van der Waals surface area contributed by atoms with Crippen LogP contribution in [0.3, 0.4) is 0 Å². The van der Waals surface area contributed by atoms with Crippen molar-refractivity contribution >= 4 is 5.57 Å². The lowest BCUT2D eigenvalue weighted by Gasteiger charge is -2.13. The third-order valence-corrected chi connectivity index (χ3v) is 5.29. The van der Waals surface area contributed by atoms with E-state index in [0.717, 1.165) is 11.8 Å². The molecular weight excluding hydrogens is 300 g/mol. The van der Waals surface area contributed by atoms with Gasteiger partial charge in [0.05, 0.1) is 0 Å². The van der Waals surface area contributed by atoms with E-state index in [0.29, 0.717) is 0 Å².